The van der Waals surface area contributed by atoms with Crippen LogP contribution in [0.1, 0.15) is 23.7 Å². The summed E-state index contributed by atoms with van der Waals surface area (Å²) in [5.41, 5.74) is 0.491. The predicted octanol–water partition coefficient (Wildman–Crippen LogP) is 3.60. The molecular formula is C12H12Cl2O2. The van der Waals surface area contributed by atoms with Gasteiger partial charge in [-0.05, 0) is 30.5 Å². The molecule has 0 amide bonds. The van der Waals surface area contributed by atoms with Crippen LogP contribution >= 0.6 is 23.2 Å². The highest BCUT2D eigenvalue weighted by atomic mass is 35.5. The Bertz CT molecular complexity index is 417. The molecule has 2 unspecified atom stereocenters. The minimum Gasteiger partial charge on any atom is -0.370 e. The van der Waals surface area contributed by atoms with Gasteiger partial charge in [-0.25, -0.2) is 0 Å². The molecule has 0 radical (unpaired) electrons. The molecule has 0 aromatic heterocycles. The van der Waals surface area contributed by atoms with Crippen LogP contribution in [0, 0.1) is 5.92 Å². The van der Waals surface area contributed by atoms with Gasteiger partial charge in [0.05, 0.1) is 5.02 Å². The highest BCUT2D eigenvalue weighted by Gasteiger charge is 2.32. The van der Waals surface area contributed by atoms with Crippen molar-refractivity contribution in [2.24, 2.45) is 5.92 Å². The van der Waals surface area contributed by atoms with Crippen molar-refractivity contribution in [1.82, 2.24) is 0 Å². The number of hydrogen-bond donors (Lipinski definition) is 0. The summed E-state index contributed by atoms with van der Waals surface area (Å²) in [6, 6.07) is 4.90. The zero-order chi connectivity index (χ0) is 11.7. The summed E-state index contributed by atoms with van der Waals surface area (Å²) in [7, 11) is 0. The molecule has 0 N–H and O–H groups in total. The first kappa shape index (κ1) is 11.9. The third-order valence-corrected chi connectivity index (χ3v) is 3.39. The predicted molar refractivity (Wildman–Crippen MR) is 64.3 cm³/mol. The highest BCUT2D eigenvalue weighted by molar-refractivity contribution is 6.37. The first-order chi connectivity index (χ1) is 7.59. The number of carbonyl (C=O) groups excluding carboxylic acids is 1. The van der Waals surface area contributed by atoms with Gasteiger partial charge in [0.25, 0.3) is 0 Å². The number of benzene rings is 1. The summed E-state index contributed by atoms with van der Waals surface area (Å²) in [5, 5.41) is 0.919. The molecular weight excluding hydrogens is 247 g/mol. The van der Waals surface area contributed by atoms with Crippen molar-refractivity contribution in [3.8, 4) is 0 Å². The van der Waals surface area contributed by atoms with E-state index in [0.717, 1.165) is 6.42 Å². The Morgan fingerprint density at radius 2 is 2.19 bits per heavy atom. The molecule has 4 heteroatoms. The number of halogens is 2. The number of Topliss-reactive ketones (excluding diaryl/α,β-unsaturated/α-hetero) is 1. The fourth-order valence-electron chi connectivity index (χ4n) is 1.87. The van der Waals surface area contributed by atoms with E-state index in [-0.39, 0.29) is 17.8 Å². The van der Waals surface area contributed by atoms with Gasteiger partial charge in [-0.15, -0.1) is 0 Å². The lowest BCUT2D eigenvalue weighted by atomic mass is 9.96. The Hall–Kier alpha value is -0.570. The lowest BCUT2D eigenvalue weighted by Gasteiger charge is -2.14. The van der Waals surface area contributed by atoms with Crippen LogP contribution in [0.2, 0.25) is 10.0 Å². The van der Waals surface area contributed by atoms with Crippen LogP contribution in [0.5, 0.6) is 0 Å². The smallest absolute Gasteiger partial charge is 0.193 e. The SMILES string of the molecule is CC1CCOC1C(=O)c1ccc(Cl)cc1Cl. The van der Waals surface area contributed by atoms with E-state index < -0.39 is 0 Å². The second-order valence-electron chi connectivity index (χ2n) is 4.05. The molecule has 16 heavy (non-hydrogen) atoms. The minimum atomic E-state index is -0.362. The molecule has 2 nitrogen and oxygen atoms in total. The Kier molecular flexibility index (Phi) is 3.53. The maximum absolute atomic E-state index is 12.1. The van der Waals surface area contributed by atoms with Gasteiger partial charge in [0.15, 0.2) is 5.78 Å². The Labute approximate surface area is 104 Å². The van der Waals surface area contributed by atoms with E-state index >= 15 is 0 Å². The lowest BCUT2D eigenvalue weighted by molar-refractivity contribution is 0.0579. The van der Waals surface area contributed by atoms with E-state index in [2.05, 4.69) is 0 Å². The Morgan fingerprint density at radius 1 is 1.44 bits per heavy atom. The van der Waals surface area contributed by atoms with Crippen molar-refractivity contribution in [3.63, 3.8) is 0 Å². The average molecular weight is 259 g/mol. The molecule has 1 aliphatic heterocycles. The van der Waals surface area contributed by atoms with Gasteiger partial charge >= 0.3 is 0 Å². The summed E-state index contributed by atoms with van der Waals surface area (Å²) >= 11 is 11.8. The number of rotatable bonds is 2. The van der Waals surface area contributed by atoms with Crippen molar-refractivity contribution >= 4 is 29.0 Å². The molecule has 2 rings (SSSR count). The van der Waals surface area contributed by atoms with Gasteiger partial charge < -0.3 is 4.74 Å². The topological polar surface area (TPSA) is 26.3 Å². The normalized spacial score (nSPS) is 24.7. The maximum atomic E-state index is 12.1. The third kappa shape index (κ3) is 2.24. The van der Waals surface area contributed by atoms with E-state index in [1.165, 1.54) is 0 Å². The first-order valence-electron chi connectivity index (χ1n) is 5.20. The molecule has 1 fully saturated rings. The first-order valence-corrected chi connectivity index (χ1v) is 5.96. The number of ketones is 1. The van der Waals surface area contributed by atoms with Crippen LogP contribution in [0.15, 0.2) is 18.2 Å². The monoisotopic (exact) mass is 258 g/mol. The van der Waals surface area contributed by atoms with Crippen LogP contribution in [0.25, 0.3) is 0 Å². The van der Waals surface area contributed by atoms with Gasteiger partial charge in [-0.1, -0.05) is 30.1 Å². The molecule has 1 heterocycles. The van der Waals surface area contributed by atoms with Crippen LogP contribution in [-0.4, -0.2) is 18.5 Å². The van der Waals surface area contributed by atoms with E-state index in [4.69, 9.17) is 27.9 Å². The zero-order valence-electron chi connectivity index (χ0n) is 8.87. The van der Waals surface area contributed by atoms with Crippen LogP contribution < -0.4 is 0 Å². The van der Waals surface area contributed by atoms with E-state index in [1.807, 2.05) is 6.92 Å². The quantitative estimate of drug-likeness (QED) is 0.758. The fraction of sp³-hybridized carbons (Fsp3) is 0.417. The van der Waals surface area contributed by atoms with Crippen molar-refractivity contribution in [1.29, 1.82) is 0 Å². The second kappa shape index (κ2) is 4.74. The van der Waals surface area contributed by atoms with Gasteiger partial charge in [0.2, 0.25) is 0 Å². The maximum Gasteiger partial charge on any atom is 0.193 e. The molecule has 86 valence electrons. The van der Waals surface area contributed by atoms with E-state index in [1.54, 1.807) is 18.2 Å². The Balaban J connectivity index is 2.27. The largest absolute Gasteiger partial charge is 0.370 e. The van der Waals surface area contributed by atoms with Crippen molar-refractivity contribution in [3.05, 3.63) is 33.8 Å². The summed E-state index contributed by atoms with van der Waals surface area (Å²) in [4.78, 5) is 12.1. The summed E-state index contributed by atoms with van der Waals surface area (Å²) < 4.78 is 5.43. The van der Waals surface area contributed by atoms with Gasteiger partial charge in [-0.3, -0.25) is 4.79 Å². The summed E-state index contributed by atoms with van der Waals surface area (Å²) in [5.74, 6) is 0.200. The summed E-state index contributed by atoms with van der Waals surface area (Å²) in [6.45, 7) is 2.65. The molecule has 0 spiro atoms. The summed E-state index contributed by atoms with van der Waals surface area (Å²) in [6.07, 6.45) is 0.556. The molecule has 1 saturated heterocycles. The Morgan fingerprint density at radius 3 is 2.75 bits per heavy atom. The molecule has 1 aliphatic rings. The second-order valence-corrected chi connectivity index (χ2v) is 4.89. The van der Waals surface area contributed by atoms with Gasteiger partial charge in [0.1, 0.15) is 6.10 Å². The average Bonchev–Trinajstić information content (AvgIpc) is 2.63. The molecule has 1 aromatic carbocycles. The van der Waals surface area contributed by atoms with Gasteiger partial charge in [-0.2, -0.15) is 0 Å². The lowest BCUT2D eigenvalue weighted by Crippen LogP contribution is -2.25. The molecule has 0 bridgehead atoms. The van der Waals surface area contributed by atoms with Crippen LogP contribution in [0.3, 0.4) is 0 Å². The van der Waals surface area contributed by atoms with Crippen molar-refractivity contribution in [2.45, 2.75) is 19.4 Å². The molecule has 1 aromatic rings. The number of ether oxygens (including phenoxy) is 1. The van der Waals surface area contributed by atoms with Crippen LogP contribution in [-0.2, 0) is 4.74 Å². The van der Waals surface area contributed by atoms with Crippen molar-refractivity contribution < 1.29 is 9.53 Å². The van der Waals surface area contributed by atoms with E-state index in [9.17, 15) is 4.79 Å². The van der Waals surface area contributed by atoms with Gasteiger partial charge in [0, 0.05) is 17.2 Å². The fourth-order valence-corrected chi connectivity index (χ4v) is 2.37. The highest BCUT2D eigenvalue weighted by Crippen LogP contribution is 2.28. The van der Waals surface area contributed by atoms with Crippen LogP contribution in [0.4, 0.5) is 0 Å². The molecule has 0 aliphatic carbocycles. The van der Waals surface area contributed by atoms with E-state index in [0.29, 0.717) is 22.2 Å². The minimum absolute atomic E-state index is 0.0494. The number of hydrogen-bond acceptors (Lipinski definition) is 2. The molecule has 0 saturated carbocycles. The molecule has 2 atom stereocenters. The number of carbonyl (C=O) groups is 1. The zero-order valence-corrected chi connectivity index (χ0v) is 10.4. The third-order valence-electron chi connectivity index (χ3n) is 2.84. The van der Waals surface area contributed by atoms with Crippen molar-refractivity contribution in [2.75, 3.05) is 6.61 Å². The standard InChI is InChI=1S/C12H12Cl2O2/c1-7-4-5-16-12(7)11(15)9-3-2-8(13)6-10(9)14/h2-3,6-7,12H,4-5H2,1H3.